The van der Waals surface area contributed by atoms with Gasteiger partial charge in [-0.3, -0.25) is 4.79 Å². The van der Waals surface area contributed by atoms with Crippen LogP contribution in [-0.4, -0.2) is 33.6 Å². The number of para-hydroxylation sites is 2. The van der Waals surface area contributed by atoms with Gasteiger partial charge in [-0.05, 0) is 48.9 Å². The first kappa shape index (κ1) is 16.2. The zero-order valence-corrected chi connectivity index (χ0v) is 15.1. The van der Waals surface area contributed by atoms with Gasteiger partial charge in [-0.2, -0.15) is 11.8 Å². The van der Waals surface area contributed by atoms with Crippen LogP contribution in [0.3, 0.4) is 0 Å². The standard InChI is InChI=1S/C20H21N3OS/c1-25-13-14-8-10-15(11-9-14)20(24)23-12-4-7-18(23)19-21-16-5-2-3-6-17(16)22-19/h2-3,5-6,8-11,18H,4,7,12-13H2,1H3,(H,21,22)/t18-/m0/s1. The lowest BCUT2D eigenvalue weighted by atomic mass is 10.1. The van der Waals surface area contributed by atoms with E-state index in [1.54, 1.807) is 11.8 Å². The van der Waals surface area contributed by atoms with E-state index in [0.29, 0.717) is 0 Å². The zero-order chi connectivity index (χ0) is 17.2. The van der Waals surface area contributed by atoms with Crippen molar-refractivity contribution in [3.63, 3.8) is 0 Å². The summed E-state index contributed by atoms with van der Waals surface area (Å²) in [6.07, 6.45) is 4.05. The number of aromatic amines is 1. The molecule has 4 nitrogen and oxygen atoms in total. The number of thioether (sulfide) groups is 1. The molecular weight excluding hydrogens is 330 g/mol. The van der Waals surface area contributed by atoms with Crippen LogP contribution in [0, 0.1) is 0 Å². The zero-order valence-electron chi connectivity index (χ0n) is 14.2. The molecule has 1 N–H and O–H groups in total. The summed E-state index contributed by atoms with van der Waals surface area (Å²) in [5, 5.41) is 0. The summed E-state index contributed by atoms with van der Waals surface area (Å²) in [4.78, 5) is 23.1. The monoisotopic (exact) mass is 351 g/mol. The van der Waals surface area contributed by atoms with Gasteiger partial charge in [0.15, 0.2) is 0 Å². The van der Waals surface area contributed by atoms with E-state index in [-0.39, 0.29) is 11.9 Å². The average molecular weight is 351 g/mol. The van der Waals surface area contributed by atoms with Gasteiger partial charge < -0.3 is 9.88 Å². The lowest BCUT2D eigenvalue weighted by Crippen LogP contribution is -2.31. The fourth-order valence-corrected chi connectivity index (χ4v) is 4.03. The van der Waals surface area contributed by atoms with Gasteiger partial charge in [0, 0.05) is 17.9 Å². The van der Waals surface area contributed by atoms with E-state index in [9.17, 15) is 4.79 Å². The highest BCUT2D eigenvalue weighted by atomic mass is 32.2. The van der Waals surface area contributed by atoms with Crippen LogP contribution in [0.1, 0.15) is 40.6 Å². The topological polar surface area (TPSA) is 49.0 Å². The number of carbonyl (C=O) groups is 1. The minimum atomic E-state index is 0.0331. The van der Waals surface area contributed by atoms with Crippen molar-refractivity contribution in [3.8, 4) is 0 Å². The molecule has 4 rings (SSSR count). The maximum absolute atomic E-state index is 13.0. The van der Waals surface area contributed by atoms with E-state index in [2.05, 4.69) is 23.4 Å². The van der Waals surface area contributed by atoms with E-state index in [0.717, 1.165) is 47.6 Å². The molecule has 0 unspecified atom stereocenters. The summed E-state index contributed by atoms with van der Waals surface area (Å²) in [7, 11) is 0. The van der Waals surface area contributed by atoms with Crippen molar-refractivity contribution in [1.82, 2.24) is 14.9 Å². The molecule has 0 aliphatic carbocycles. The Balaban J connectivity index is 1.59. The Morgan fingerprint density at radius 1 is 1.24 bits per heavy atom. The first-order valence-corrected chi connectivity index (χ1v) is 9.99. The summed E-state index contributed by atoms with van der Waals surface area (Å²) in [5.41, 5.74) is 3.99. The van der Waals surface area contributed by atoms with Gasteiger partial charge >= 0.3 is 0 Å². The van der Waals surface area contributed by atoms with E-state index in [1.807, 2.05) is 41.3 Å². The van der Waals surface area contributed by atoms with Crippen LogP contribution in [0.4, 0.5) is 0 Å². The minimum Gasteiger partial charge on any atom is -0.340 e. The quantitative estimate of drug-likeness (QED) is 0.758. The van der Waals surface area contributed by atoms with Crippen molar-refractivity contribution in [1.29, 1.82) is 0 Å². The highest BCUT2D eigenvalue weighted by molar-refractivity contribution is 7.97. The molecule has 128 valence electrons. The van der Waals surface area contributed by atoms with E-state index in [4.69, 9.17) is 4.98 Å². The van der Waals surface area contributed by atoms with E-state index >= 15 is 0 Å². The Morgan fingerprint density at radius 3 is 2.80 bits per heavy atom. The van der Waals surface area contributed by atoms with E-state index < -0.39 is 0 Å². The number of imidazole rings is 1. The Bertz CT molecular complexity index is 854. The third-order valence-corrected chi connectivity index (χ3v) is 5.37. The highest BCUT2D eigenvalue weighted by Gasteiger charge is 2.32. The third-order valence-electron chi connectivity index (χ3n) is 4.75. The molecule has 0 spiro atoms. The second-order valence-electron chi connectivity index (χ2n) is 6.43. The van der Waals surface area contributed by atoms with Crippen LogP contribution in [0.2, 0.25) is 0 Å². The predicted octanol–water partition coefficient (Wildman–Crippen LogP) is 4.40. The highest BCUT2D eigenvalue weighted by Crippen LogP contribution is 2.32. The molecule has 1 saturated heterocycles. The van der Waals surface area contributed by atoms with Gasteiger partial charge in [0.1, 0.15) is 5.82 Å². The second-order valence-corrected chi connectivity index (χ2v) is 7.29. The largest absolute Gasteiger partial charge is 0.340 e. The van der Waals surface area contributed by atoms with E-state index in [1.165, 1.54) is 5.56 Å². The summed E-state index contributed by atoms with van der Waals surface area (Å²) < 4.78 is 0. The normalized spacial score (nSPS) is 17.3. The molecule has 1 atom stereocenters. The maximum atomic E-state index is 13.0. The van der Waals surface area contributed by atoms with Crippen LogP contribution >= 0.6 is 11.8 Å². The van der Waals surface area contributed by atoms with Crippen molar-refractivity contribution >= 4 is 28.7 Å². The maximum Gasteiger partial charge on any atom is 0.254 e. The van der Waals surface area contributed by atoms with Gasteiger partial charge in [-0.25, -0.2) is 4.98 Å². The van der Waals surface area contributed by atoms with Crippen LogP contribution in [0.25, 0.3) is 11.0 Å². The molecule has 0 radical (unpaired) electrons. The number of nitrogens with zero attached hydrogens (tertiary/aromatic N) is 2. The molecule has 1 aliphatic rings. The van der Waals surface area contributed by atoms with Crippen LogP contribution in [0.5, 0.6) is 0 Å². The number of H-pyrrole nitrogens is 1. The number of aromatic nitrogens is 2. The molecule has 2 heterocycles. The number of likely N-dealkylation sites (tertiary alicyclic amines) is 1. The fraction of sp³-hybridized carbons (Fsp3) is 0.300. The van der Waals surface area contributed by atoms with Crippen molar-refractivity contribution < 1.29 is 4.79 Å². The van der Waals surface area contributed by atoms with Crippen molar-refractivity contribution in [2.24, 2.45) is 0 Å². The van der Waals surface area contributed by atoms with Gasteiger partial charge in [0.2, 0.25) is 0 Å². The molecular formula is C20H21N3OS. The second kappa shape index (κ2) is 6.92. The summed E-state index contributed by atoms with van der Waals surface area (Å²) >= 11 is 1.79. The smallest absolute Gasteiger partial charge is 0.254 e. The van der Waals surface area contributed by atoms with Crippen molar-refractivity contribution in [2.75, 3.05) is 12.8 Å². The third kappa shape index (κ3) is 3.16. The number of benzene rings is 2. The molecule has 5 heteroatoms. The SMILES string of the molecule is CSCc1ccc(C(=O)N2CCC[C@H]2c2nc3ccccc3[nH]2)cc1. The molecule has 3 aromatic rings. The minimum absolute atomic E-state index is 0.0331. The molecule has 1 amide bonds. The number of hydrogen-bond acceptors (Lipinski definition) is 3. The fourth-order valence-electron chi connectivity index (χ4n) is 3.50. The number of carbonyl (C=O) groups excluding carboxylic acids is 1. The average Bonchev–Trinajstić information content (AvgIpc) is 3.28. The van der Waals surface area contributed by atoms with Crippen molar-refractivity contribution in [3.05, 3.63) is 65.5 Å². The summed E-state index contributed by atoms with van der Waals surface area (Å²) in [6.45, 7) is 0.785. The Labute approximate surface area is 151 Å². The van der Waals surface area contributed by atoms with Crippen LogP contribution < -0.4 is 0 Å². The Morgan fingerprint density at radius 2 is 2.04 bits per heavy atom. The number of fused-ring (bicyclic) bond motifs is 1. The number of rotatable bonds is 4. The Hall–Kier alpha value is -2.27. The van der Waals surface area contributed by atoms with Crippen LogP contribution in [-0.2, 0) is 5.75 Å². The van der Waals surface area contributed by atoms with Gasteiger partial charge in [0.05, 0.1) is 17.1 Å². The molecule has 1 aromatic heterocycles. The number of hydrogen-bond donors (Lipinski definition) is 1. The molecule has 1 aliphatic heterocycles. The molecule has 25 heavy (non-hydrogen) atoms. The van der Waals surface area contributed by atoms with Gasteiger partial charge in [0.25, 0.3) is 5.91 Å². The lowest BCUT2D eigenvalue weighted by molar-refractivity contribution is 0.0730. The molecule has 2 aromatic carbocycles. The predicted molar refractivity (Wildman–Crippen MR) is 103 cm³/mol. The molecule has 1 fully saturated rings. The molecule has 0 bridgehead atoms. The van der Waals surface area contributed by atoms with Crippen LogP contribution in [0.15, 0.2) is 48.5 Å². The lowest BCUT2D eigenvalue weighted by Gasteiger charge is -2.23. The Kier molecular flexibility index (Phi) is 4.49. The summed E-state index contributed by atoms with van der Waals surface area (Å²) in [5.74, 6) is 1.96. The molecule has 0 saturated carbocycles. The summed E-state index contributed by atoms with van der Waals surface area (Å²) in [6, 6.07) is 16.0. The first-order valence-electron chi connectivity index (χ1n) is 8.60. The van der Waals surface area contributed by atoms with Gasteiger partial charge in [-0.15, -0.1) is 0 Å². The van der Waals surface area contributed by atoms with Crippen molar-refractivity contribution in [2.45, 2.75) is 24.6 Å². The first-order chi connectivity index (χ1) is 12.3. The number of nitrogens with one attached hydrogen (secondary N) is 1. The number of amides is 1. The van der Waals surface area contributed by atoms with Gasteiger partial charge in [-0.1, -0.05) is 24.3 Å².